The SMILES string of the molecule is CC[C@H]1OC(=O)[C@H](C)[C@@H](O[C@H]2C[C@@](C)(OC)[C@@H](O)[C@H](C)O2)[C@H](C)[C@@H](O[C@@H]2O[C@H](C)C[C@H](N(C)C)[C@H]2OC(=O)CCCC[C@H](CCSCC[C@H](NC(=O)C(C)(C)S)C(=O)O)SCC[C@H](NC(=O)C(C)(C)S)C(=O)O)[C@](C)(O)C[C@@H](C)CN(C)[C@H](C)[C@@H](O)[C@]1(C)O. The van der Waals surface area contributed by atoms with E-state index >= 15 is 0 Å². The third-order valence-electron chi connectivity index (χ3n) is 17.8. The molecule has 89 heavy (non-hydrogen) atoms. The predicted octanol–water partition coefficient (Wildman–Crippen LogP) is 5.57. The Hall–Kier alpha value is -2.22. The lowest BCUT2D eigenvalue weighted by Crippen LogP contribution is -2.61. The topological polar surface area (TPSA) is 319 Å². The van der Waals surface area contributed by atoms with Crippen LogP contribution in [0.3, 0.4) is 0 Å². The van der Waals surface area contributed by atoms with E-state index in [4.69, 9.17) is 33.2 Å². The van der Waals surface area contributed by atoms with E-state index in [1.165, 1.54) is 25.8 Å². The van der Waals surface area contributed by atoms with Gasteiger partial charge in [-0.25, -0.2) is 9.59 Å². The number of aliphatic hydroxyl groups excluding tert-OH is 2. The quantitative estimate of drug-likeness (QED) is 0.0248. The zero-order valence-corrected chi connectivity index (χ0v) is 59.5. The van der Waals surface area contributed by atoms with Gasteiger partial charge in [0.25, 0.3) is 0 Å². The number of carboxylic acid groups (broad SMARTS) is 2. The number of thioether (sulfide) groups is 2. The van der Waals surface area contributed by atoms with Crippen molar-refractivity contribution in [3.8, 4) is 0 Å². The standard InChI is InChI=1S/C62H112N4O19S4/c1-19-44-62(14,78)49(68)38(6)66(17)33-34(2)31-60(12,77)51(36(4)47(37(5)54(74)82-44)84-46-32-61(13,79-18)50(69)39(7)81-46)85-55-48(43(65(15)16)30-35(3)80-55)83-45(67)23-21-20-22-40(89-29-26-42(53(72)73)64-57(76)59(10,11)87)24-27-88-28-25-41(52(70)71)63-56(75)58(8,9)86/h34-44,46-51,55,68-69,77-78,86-87H,19-33H2,1-18H3,(H,63,75)(H,64,76)(H,70,71)(H,72,73)/t34-,35-,36+,37-,38-,39+,40-,41+,42+,43+,44-,46+,47+,48-,49-,50+,51-,55+,60-,61-,62-/m1/s1. The Labute approximate surface area is 549 Å². The van der Waals surface area contributed by atoms with Gasteiger partial charge in [-0.05, 0) is 172 Å². The van der Waals surface area contributed by atoms with Crippen LogP contribution in [-0.4, -0.2) is 245 Å². The molecule has 0 aliphatic carbocycles. The number of rotatable bonds is 29. The number of amides is 2. The zero-order chi connectivity index (χ0) is 67.9. The van der Waals surface area contributed by atoms with E-state index < -0.39 is 159 Å². The summed E-state index contributed by atoms with van der Waals surface area (Å²) >= 11 is 11.6. The van der Waals surface area contributed by atoms with Gasteiger partial charge in [0.15, 0.2) is 18.7 Å². The molecular weight excluding hydrogens is 1230 g/mol. The van der Waals surface area contributed by atoms with Crippen molar-refractivity contribution in [2.24, 2.45) is 17.8 Å². The Morgan fingerprint density at radius 3 is 1.90 bits per heavy atom. The maximum atomic E-state index is 14.7. The Morgan fingerprint density at radius 2 is 1.37 bits per heavy atom. The molecule has 0 radical (unpaired) electrons. The summed E-state index contributed by atoms with van der Waals surface area (Å²) in [6.07, 6.45) is -7.11. The van der Waals surface area contributed by atoms with Crippen LogP contribution in [0.15, 0.2) is 0 Å². The summed E-state index contributed by atoms with van der Waals surface area (Å²) in [7, 11) is 7.02. The number of cyclic esters (lactones) is 1. The van der Waals surface area contributed by atoms with E-state index in [0.29, 0.717) is 55.9 Å². The molecule has 27 heteroatoms. The minimum absolute atomic E-state index is 0.00879. The van der Waals surface area contributed by atoms with Gasteiger partial charge in [0.1, 0.15) is 36.0 Å². The van der Waals surface area contributed by atoms with Gasteiger partial charge < -0.3 is 84.2 Å². The number of methoxy groups -OCH3 is 1. The second kappa shape index (κ2) is 35.5. The highest BCUT2D eigenvalue weighted by Gasteiger charge is 2.53. The number of esters is 2. The zero-order valence-electron chi connectivity index (χ0n) is 56.1. The van der Waals surface area contributed by atoms with Gasteiger partial charge in [-0.3, -0.25) is 19.2 Å². The van der Waals surface area contributed by atoms with Crippen LogP contribution in [0, 0.1) is 17.8 Å². The molecule has 23 nitrogen and oxygen atoms in total. The monoisotopic (exact) mass is 1340 g/mol. The number of carbonyl (C=O) groups excluding carboxylic acids is 4. The number of thiol groups is 2. The fourth-order valence-corrected chi connectivity index (χ4v) is 14.7. The third-order valence-corrected chi connectivity index (χ3v) is 20.7. The molecule has 0 aromatic carbocycles. The Bertz CT molecular complexity index is 2260. The van der Waals surface area contributed by atoms with E-state index in [1.54, 1.807) is 87.9 Å². The number of hydrogen-bond acceptors (Lipinski definition) is 23. The lowest BCUT2D eigenvalue weighted by Gasteiger charge is -2.49. The average molecular weight is 1350 g/mol. The summed E-state index contributed by atoms with van der Waals surface area (Å²) in [5.41, 5.74) is -4.74. The molecule has 0 aromatic rings. The van der Waals surface area contributed by atoms with Crippen molar-refractivity contribution in [1.82, 2.24) is 20.4 Å². The smallest absolute Gasteiger partial charge is 0.326 e. The molecule has 3 fully saturated rings. The Kier molecular flexibility index (Phi) is 32.3. The summed E-state index contributed by atoms with van der Waals surface area (Å²) < 4.78 is 43.2. The van der Waals surface area contributed by atoms with Crippen LogP contribution in [0.4, 0.5) is 0 Å². The molecule has 0 aromatic heterocycles. The number of hydrogen-bond donors (Lipinski definition) is 10. The molecule has 3 rings (SSSR count). The molecular formula is C62H112N4O19S4. The second-order valence-corrected chi connectivity index (χ2v) is 32.1. The number of aliphatic hydroxyl groups is 4. The largest absolute Gasteiger partial charge is 0.480 e. The molecule has 2 amide bonds. The normalized spacial score (nSPS) is 35.1. The van der Waals surface area contributed by atoms with Crippen molar-refractivity contribution >= 4 is 84.5 Å². The molecule has 21 atom stereocenters. The van der Waals surface area contributed by atoms with Gasteiger partial charge >= 0.3 is 23.9 Å². The summed E-state index contributed by atoms with van der Waals surface area (Å²) in [6.45, 7) is 23.9. The van der Waals surface area contributed by atoms with Gasteiger partial charge in [-0.1, -0.05) is 27.2 Å². The van der Waals surface area contributed by atoms with Crippen LogP contribution in [0.25, 0.3) is 0 Å². The molecule has 3 aliphatic heterocycles. The number of nitrogens with one attached hydrogen (secondary N) is 2. The number of likely N-dealkylation sites (N-methyl/N-ethyl adjacent to an activating group) is 2. The van der Waals surface area contributed by atoms with E-state index in [0.717, 1.165) is 0 Å². The molecule has 0 saturated carbocycles. The maximum absolute atomic E-state index is 14.7. The van der Waals surface area contributed by atoms with Crippen LogP contribution in [0.5, 0.6) is 0 Å². The van der Waals surface area contributed by atoms with Crippen molar-refractivity contribution < 1.29 is 92.6 Å². The van der Waals surface area contributed by atoms with Crippen molar-refractivity contribution in [1.29, 1.82) is 0 Å². The second-order valence-electron chi connectivity index (χ2n) is 27.2. The van der Waals surface area contributed by atoms with E-state index in [-0.39, 0.29) is 49.7 Å². The van der Waals surface area contributed by atoms with Crippen LogP contribution in [0.2, 0.25) is 0 Å². The minimum atomic E-state index is -1.89. The van der Waals surface area contributed by atoms with Gasteiger partial charge in [0.05, 0.1) is 57.1 Å². The first-order valence-electron chi connectivity index (χ1n) is 31.5. The van der Waals surface area contributed by atoms with Gasteiger partial charge in [-0.2, -0.15) is 48.8 Å². The highest BCUT2D eigenvalue weighted by atomic mass is 32.2. The molecule has 518 valence electrons. The van der Waals surface area contributed by atoms with Crippen LogP contribution < -0.4 is 10.6 Å². The molecule has 3 heterocycles. The highest BCUT2D eigenvalue weighted by Crippen LogP contribution is 2.41. The average Bonchev–Trinajstić information content (AvgIpc) is 1.40. The van der Waals surface area contributed by atoms with E-state index in [9.17, 15) is 59.4 Å². The molecule has 0 spiro atoms. The molecule has 0 unspecified atom stereocenters. The first-order valence-corrected chi connectivity index (χ1v) is 34.6. The number of unbranched alkanes of at least 4 members (excludes halogenated alkanes) is 1. The van der Waals surface area contributed by atoms with Crippen LogP contribution in [-0.2, 0) is 61.9 Å². The van der Waals surface area contributed by atoms with Gasteiger partial charge in [0, 0.05) is 43.7 Å². The molecule has 8 N–H and O–H groups in total. The molecule has 0 bridgehead atoms. The summed E-state index contributed by atoms with van der Waals surface area (Å²) in [4.78, 5) is 82.3. The molecule has 3 saturated heterocycles. The van der Waals surface area contributed by atoms with E-state index in [1.807, 2.05) is 44.8 Å². The van der Waals surface area contributed by atoms with Crippen LogP contribution >= 0.6 is 48.8 Å². The van der Waals surface area contributed by atoms with Gasteiger partial charge in [0.2, 0.25) is 11.8 Å². The predicted molar refractivity (Wildman–Crippen MR) is 349 cm³/mol. The maximum Gasteiger partial charge on any atom is 0.326 e. The Balaban J connectivity index is 2.00. The number of carboxylic acids is 2. The minimum Gasteiger partial charge on any atom is -0.480 e. The van der Waals surface area contributed by atoms with Crippen molar-refractivity contribution in [2.75, 3.05) is 52.1 Å². The van der Waals surface area contributed by atoms with Crippen LogP contribution in [0.1, 0.15) is 168 Å². The third kappa shape index (κ3) is 24.2. The summed E-state index contributed by atoms with van der Waals surface area (Å²) in [6, 6.07) is -3.31. The number of ether oxygens (including phenoxy) is 7. The fourth-order valence-electron chi connectivity index (χ4n) is 12.1. The number of aliphatic carboxylic acids is 2. The first kappa shape index (κ1) is 81.0. The van der Waals surface area contributed by atoms with Crippen molar-refractivity contribution in [2.45, 2.75) is 285 Å². The van der Waals surface area contributed by atoms with Gasteiger partial charge in [-0.15, -0.1) is 0 Å². The first-order chi connectivity index (χ1) is 41.0. The number of carbonyl (C=O) groups is 6. The highest BCUT2D eigenvalue weighted by molar-refractivity contribution is 8.00. The van der Waals surface area contributed by atoms with E-state index in [2.05, 4.69) is 35.9 Å². The molecule has 3 aliphatic rings. The fraction of sp³-hybridized carbons (Fsp3) is 0.903. The summed E-state index contributed by atoms with van der Waals surface area (Å²) in [5, 5.41) is 73.0. The van der Waals surface area contributed by atoms with Crippen molar-refractivity contribution in [3.05, 3.63) is 0 Å². The lowest BCUT2D eigenvalue weighted by atomic mass is 9.77. The van der Waals surface area contributed by atoms with Crippen molar-refractivity contribution in [3.63, 3.8) is 0 Å². The number of nitrogens with zero attached hydrogens (tertiary/aromatic N) is 2. The summed E-state index contributed by atoms with van der Waals surface area (Å²) in [5.74, 6) is -5.50. The Morgan fingerprint density at radius 1 is 0.809 bits per heavy atom. The lowest BCUT2D eigenvalue weighted by molar-refractivity contribution is -0.319.